The lowest BCUT2D eigenvalue weighted by Gasteiger charge is -2.37. The Hall–Kier alpha value is -7.74. The van der Waals surface area contributed by atoms with E-state index in [1.165, 1.54) is 88.7 Å². The van der Waals surface area contributed by atoms with Gasteiger partial charge in [-0.3, -0.25) is 0 Å². The number of fused-ring (bicyclic) bond motifs is 13. The highest BCUT2D eigenvalue weighted by molar-refractivity contribution is 6.01. The van der Waals surface area contributed by atoms with Crippen LogP contribution in [0.3, 0.4) is 0 Å². The van der Waals surface area contributed by atoms with Gasteiger partial charge in [-0.25, -0.2) is 0 Å². The molecule has 0 N–H and O–H groups in total. The predicted octanol–water partition coefficient (Wildman–Crippen LogP) is 15.7. The second kappa shape index (κ2) is 13.7. The van der Waals surface area contributed by atoms with Gasteiger partial charge in [0.2, 0.25) is 0 Å². The van der Waals surface area contributed by atoms with Crippen LogP contribution >= 0.6 is 0 Å². The van der Waals surface area contributed by atoms with Crippen molar-refractivity contribution in [1.29, 1.82) is 0 Å². The van der Waals surface area contributed by atoms with Crippen LogP contribution in [0.15, 0.2) is 237 Å². The summed E-state index contributed by atoms with van der Waals surface area (Å²) in [5, 5.41) is 2.50. The van der Waals surface area contributed by atoms with E-state index in [1.54, 1.807) is 0 Å². The molecule has 0 aromatic heterocycles. The van der Waals surface area contributed by atoms with Gasteiger partial charge in [0.25, 0.3) is 0 Å². The van der Waals surface area contributed by atoms with Crippen LogP contribution in [0.1, 0.15) is 22.3 Å². The monoisotopic (exact) mass is 761 g/mol. The lowest BCUT2D eigenvalue weighted by atomic mass is 9.65. The Bertz CT molecular complexity index is 3250. The van der Waals surface area contributed by atoms with E-state index in [1.807, 2.05) is 0 Å². The average molecular weight is 762 g/mol. The molecule has 10 aromatic rings. The summed E-state index contributed by atoms with van der Waals surface area (Å²) in [4.78, 5) is 2.47. The topological polar surface area (TPSA) is 3.24 Å². The van der Waals surface area contributed by atoms with Gasteiger partial charge in [-0.1, -0.05) is 194 Å². The first-order valence-corrected chi connectivity index (χ1v) is 20.8. The summed E-state index contributed by atoms with van der Waals surface area (Å²) in [5.74, 6) is 0. The van der Waals surface area contributed by atoms with Crippen molar-refractivity contribution in [1.82, 2.24) is 0 Å². The molecule has 0 saturated carbocycles. The first-order valence-electron chi connectivity index (χ1n) is 20.8. The van der Waals surface area contributed by atoms with E-state index in [0.29, 0.717) is 0 Å². The molecule has 0 amide bonds. The molecule has 0 aliphatic heterocycles. The molecular formula is C59H39N. The third kappa shape index (κ3) is 5.13. The Morgan fingerprint density at radius 1 is 0.250 bits per heavy atom. The van der Waals surface area contributed by atoms with Crippen LogP contribution in [0.4, 0.5) is 17.1 Å². The molecule has 2 aliphatic carbocycles. The minimum atomic E-state index is -0.612. The molecule has 1 unspecified atom stereocenters. The van der Waals surface area contributed by atoms with E-state index in [0.717, 1.165) is 17.1 Å². The number of anilines is 3. The van der Waals surface area contributed by atoms with Gasteiger partial charge in [0.1, 0.15) is 0 Å². The van der Waals surface area contributed by atoms with E-state index < -0.39 is 5.41 Å². The van der Waals surface area contributed by atoms with Gasteiger partial charge < -0.3 is 4.90 Å². The van der Waals surface area contributed by atoms with E-state index >= 15 is 0 Å². The van der Waals surface area contributed by atoms with Crippen LogP contribution in [-0.4, -0.2) is 0 Å². The van der Waals surface area contributed by atoms with Gasteiger partial charge in [-0.05, 0) is 126 Å². The molecule has 0 saturated heterocycles. The molecule has 0 fully saturated rings. The maximum Gasteiger partial charge on any atom is 0.0726 e. The zero-order chi connectivity index (χ0) is 39.6. The van der Waals surface area contributed by atoms with E-state index in [4.69, 9.17) is 0 Å². The zero-order valence-corrected chi connectivity index (χ0v) is 33.0. The van der Waals surface area contributed by atoms with E-state index in [-0.39, 0.29) is 0 Å². The van der Waals surface area contributed by atoms with Gasteiger partial charge in [-0.2, -0.15) is 0 Å². The number of para-hydroxylation sites is 1. The number of rotatable bonds is 5. The summed E-state index contributed by atoms with van der Waals surface area (Å²) in [5.41, 5.74) is 20.3. The molecular weight excluding hydrogens is 723 g/mol. The summed E-state index contributed by atoms with van der Waals surface area (Å²) < 4.78 is 0. The standard InChI is InChI=1S/C59H39N/c1-3-17-40(18-4-1)41-31-33-45(34-32-41)60(58-30-16-13-23-47(58)42-19-5-2-6-20-42)46-35-36-52-49-25-10-9-24-48(49)50-26-11-14-28-54(50)59(57(52)39-46)55-29-15-12-27-51(55)53-37-43-21-7-8-22-44(43)38-56(53)59/h1-39H. The van der Waals surface area contributed by atoms with Crippen molar-refractivity contribution in [3.8, 4) is 55.6 Å². The van der Waals surface area contributed by atoms with Crippen LogP contribution in [0, 0.1) is 0 Å². The fraction of sp³-hybridized carbons (Fsp3) is 0.0169. The Morgan fingerprint density at radius 2 is 0.700 bits per heavy atom. The first kappa shape index (κ1) is 34.3. The zero-order valence-electron chi connectivity index (χ0n) is 33.0. The molecule has 1 spiro atoms. The van der Waals surface area contributed by atoms with Gasteiger partial charge in [0.15, 0.2) is 0 Å². The van der Waals surface area contributed by atoms with Crippen LogP contribution < -0.4 is 4.90 Å². The molecule has 2 aliphatic rings. The van der Waals surface area contributed by atoms with Crippen LogP contribution in [0.25, 0.3) is 66.4 Å². The van der Waals surface area contributed by atoms with Crippen molar-refractivity contribution in [3.63, 3.8) is 0 Å². The fourth-order valence-electron chi connectivity index (χ4n) is 10.3. The van der Waals surface area contributed by atoms with Crippen molar-refractivity contribution in [3.05, 3.63) is 259 Å². The number of hydrogen-bond acceptors (Lipinski definition) is 1. The van der Waals surface area contributed by atoms with Crippen molar-refractivity contribution >= 4 is 27.8 Å². The second-order valence-electron chi connectivity index (χ2n) is 16.0. The molecule has 60 heavy (non-hydrogen) atoms. The molecule has 1 heteroatoms. The van der Waals surface area contributed by atoms with Crippen LogP contribution in [0.5, 0.6) is 0 Å². The van der Waals surface area contributed by atoms with E-state index in [9.17, 15) is 0 Å². The number of hydrogen-bond donors (Lipinski definition) is 0. The van der Waals surface area contributed by atoms with Gasteiger partial charge in [0, 0.05) is 16.9 Å². The lowest BCUT2D eigenvalue weighted by Crippen LogP contribution is -2.29. The van der Waals surface area contributed by atoms with Crippen molar-refractivity contribution in [2.45, 2.75) is 5.41 Å². The maximum atomic E-state index is 2.52. The third-order valence-corrected chi connectivity index (χ3v) is 12.9. The minimum absolute atomic E-state index is 0.612. The first-order chi connectivity index (χ1) is 29.8. The second-order valence-corrected chi connectivity index (χ2v) is 16.0. The minimum Gasteiger partial charge on any atom is -0.310 e. The Morgan fingerprint density at radius 3 is 1.37 bits per heavy atom. The summed E-state index contributed by atoms with van der Waals surface area (Å²) in [6.45, 7) is 0. The molecule has 12 rings (SSSR count). The largest absolute Gasteiger partial charge is 0.310 e. The highest BCUT2D eigenvalue weighted by Gasteiger charge is 2.50. The number of benzene rings is 10. The van der Waals surface area contributed by atoms with E-state index in [2.05, 4.69) is 241 Å². The predicted molar refractivity (Wildman–Crippen MR) is 251 cm³/mol. The normalized spacial score (nSPS) is 14.4. The number of nitrogens with zero attached hydrogens (tertiary/aromatic N) is 1. The Balaban J connectivity index is 1.19. The Labute approximate surface area is 351 Å². The highest BCUT2D eigenvalue weighted by atomic mass is 15.1. The lowest BCUT2D eigenvalue weighted by molar-refractivity contribution is 0.776. The molecule has 0 heterocycles. The summed E-state index contributed by atoms with van der Waals surface area (Å²) in [6, 6.07) is 87.7. The summed E-state index contributed by atoms with van der Waals surface area (Å²) >= 11 is 0. The highest BCUT2D eigenvalue weighted by Crippen LogP contribution is 2.62. The van der Waals surface area contributed by atoms with Crippen LogP contribution in [-0.2, 0) is 5.41 Å². The van der Waals surface area contributed by atoms with Crippen molar-refractivity contribution < 1.29 is 0 Å². The van der Waals surface area contributed by atoms with Crippen LogP contribution in [0.2, 0.25) is 0 Å². The SMILES string of the molecule is c1ccc(-c2ccc(N(c3ccc4c(c3)C3(c5ccccc5-c5ccccc5-4)c4ccccc4-c4cc5ccccc5cc43)c3ccccc3-c3ccccc3)cc2)cc1. The van der Waals surface area contributed by atoms with Crippen molar-refractivity contribution in [2.24, 2.45) is 0 Å². The Kier molecular flexibility index (Phi) is 7.83. The van der Waals surface area contributed by atoms with Gasteiger partial charge in [0.05, 0.1) is 11.1 Å². The smallest absolute Gasteiger partial charge is 0.0726 e. The third-order valence-electron chi connectivity index (χ3n) is 12.9. The summed E-state index contributed by atoms with van der Waals surface area (Å²) in [6.07, 6.45) is 0. The molecule has 280 valence electrons. The maximum absolute atomic E-state index is 2.52. The fourth-order valence-corrected chi connectivity index (χ4v) is 10.3. The van der Waals surface area contributed by atoms with Crippen molar-refractivity contribution in [2.75, 3.05) is 4.90 Å². The molecule has 1 atom stereocenters. The molecule has 0 bridgehead atoms. The quantitative estimate of drug-likeness (QED) is 0.169. The molecule has 1 nitrogen and oxygen atoms in total. The molecule has 0 radical (unpaired) electrons. The average Bonchev–Trinajstić information content (AvgIpc) is 3.55. The van der Waals surface area contributed by atoms with Gasteiger partial charge in [-0.15, -0.1) is 0 Å². The molecule has 10 aromatic carbocycles. The van der Waals surface area contributed by atoms with Gasteiger partial charge >= 0.3 is 0 Å². The summed E-state index contributed by atoms with van der Waals surface area (Å²) in [7, 11) is 0.